The predicted octanol–water partition coefficient (Wildman–Crippen LogP) is 2.88. The van der Waals surface area contributed by atoms with E-state index < -0.39 is 0 Å². The molecule has 2 atom stereocenters. The first-order valence-corrected chi connectivity index (χ1v) is 10.4. The Morgan fingerprint density at radius 1 is 1.37 bits per heavy atom. The van der Waals surface area contributed by atoms with Crippen molar-refractivity contribution in [1.82, 2.24) is 20.0 Å². The number of nitrogens with one attached hydrogen (secondary N) is 1. The van der Waals surface area contributed by atoms with Crippen molar-refractivity contribution in [2.45, 2.75) is 51.9 Å². The highest BCUT2D eigenvalue weighted by Gasteiger charge is 2.45. The molecule has 1 aromatic heterocycles. The Morgan fingerprint density at radius 3 is 2.87 bits per heavy atom. The van der Waals surface area contributed by atoms with Crippen molar-refractivity contribution in [3.8, 4) is 6.07 Å². The van der Waals surface area contributed by atoms with Gasteiger partial charge in [-0.2, -0.15) is 10.4 Å². The van der Waals surface area contributed by atoms with Crippen LogP contribution in [0.15, 0.2) is 36.7 Å². The van der Waals surface area contributed by atoms with Gasteiger partial charge < -0.3 is 15.0 Å². The fourth-order valence-electron chi connectivity index (χ4n) is 4.19. The smallest absolute Gasteiger partial charge is 0.223 e. The zero-order valence-electron chi connectivity index (χ0n) is 18.3. The molecule has 0 bridgehead atoms. The van der Waals surface area contributed by atoms with E-state index in [1.165, 1.54) is 0 Å². The number of aromatic nitrogens is 2. The number of carbonyl (C=O) groups is 1. The average Bonchev–Trinajstić information content (AvgIpc) is 3.30. The van der Waals surface area contributed by atoms with Crippen molar-refractivity contribution < 1.29 is 9.53 Å². The molecule has 1 aliphatic rings. The number of methoxy groups -OCH3 is 1. The molecule has 1 fully saturated rings. The first-order chi connectivity index (χ1) is 14.3. The highest BCUT2D eigenvalue weighted by atomic mass is 16.5. The number of likely N-dealkylation sites (tertiary alicyclic amines) is 1. The van der Waals surface area contributed by atoms with Gasteiger partial charge in [0.1, 0.15) is 0 Å². The molecule has 1 aromatic carbocycles. The SMILES string of the molecule is COCCn1cc([C@H]2[C@H](CNCc3cccc(C#N)c3)CC(=O)N2C(C)(C)C)cn1. The lowest BCUT2D eigenvalue weighted by molar-refractivity contribution is -0.133. The molecule has 7 nitrogen and oxygen atoms in total. The Morgan fingerprint density at radius 2 is 2.17 bits per heavy atom. The molecule has 0 spiro atoms. The number of carbonyl (C=O) groups excluding carboxylic acids is 1. The molecule has 0 aliphatic carbocycles. The number of nitriles is 1. The van der Waals surface area contributed by atoms with Crippen LogP contribution >= 0.6 is 0 Å². The number of hydrogen-bond donors (Lipinski definition) is 1. The van der Waals surface area contributed by atoms with Crippen molar-refractivity contribution >= 4 is 5.91 Å². The van der Waals surface area contributed by atoms with Gasteiger partial charge in [-0.3, -0.25) is 9.48 Å². The van der Waals surface area contributed by atoms with Crippen molar-refractivity contribution in [2.24, 2.45) is 5.92 Å². The van der Waals surface area contributed by atoms with Crippen LogP contribution in [0.5, 0.6) is 0 Å². The summed E-state index contributed by atoms with van der Waals surface area (Å²) in [5, 5.41) is 17.0. The zero-order chi connectivity index (χ0) is 21.7. The van der Waals surface area contributed by atoms with Crippen LogP contribution in [-0.2, 0) is 22.6 Å². The highest BCUT2D eigenvalue weighted by molar-refractivity contribution is 5.80. The lowest BCUT2D eigenvalue weighted by atomic mass is 9.93. The molecule has 0 saturated carbocycles. The van der Waals surface area contributed by atoms with Crippen LogP contribution in [-0.4, -0.2) is 46.4 Å². The van der Waals surface area contributed by atoms with Crippen LogP contribution in [0.2, 0.25) is 0 Å². The summed E-state index contributed by atoms with van der Waals surface area (Å²) in [5.41, 5.74) is 2.51. The van der Waals surface area contributed by atoms with Gasteiger partial charge in [-0.25, -0.2) is 0 Å². The fraction of sp³-hybridized carbons (Fsp3) is 0.522. The molecular weight excluding hydrogens is 378 g/mol. The minimum Gasteiger partial charge on any atom is -0.383 e. The van der Waals surface area contributed by atoms with Crippen LogP contribution in [0.25, 0.3) is 0 Å². The second kappa shape index (κ2) is 9.41. The van der Waals surface area contributed by atoms with E-state index in [1.54, 1.807) is 13.2 Å². The third kappa shape index (κ3) is 5.07. The van der Waals surface area contributed by atoms with Crippen LogP contribution in [0.1, 0.15) is 49.9 Å². The van der Waals surface area contributed by atoms with E-state index in [4.69, 9.17) is 10.00 Å². The topological polar surface area (TPSA) is 83.2 Å². The molecule has 2 heterocycles. The number of rotatable bonds is 8. The van der Waals surface area contributed by atoms with E-state index in [0.717, 1.165) is 11.1 Å². The predicted molar refractivity (Wildman–Crippen MR) is 114 cm³/mol. The molecule has 1 N–H and O–H groups in total. The average molecular weight is 410 g/mol. The van der Waals surface area contributed by atoms with E-state index in [-0.39, 0.29) is 23.4 Å². The van der Waals surface area contributed by atoms with Gasteiger partial charge in [-0.1, -0.05) is 12.1 Å². The van der Waals surface area contributed by atoms with E-state index in [2.05, 4.69) is 37.3 Å². The molecule has 1 amide bonds. The quantitative estimate of drug-likeness (QED) is 0.725. The minimum atomic E-state index is -0.272. The number of benzene rings is 1. The first-order valence-electron chi connectivity index (χ1n) is 10.4. The second-order valence-electron chi connectivity index (χ2n) is 8.82. The van der Waals surface area contributed by atoms with Crippen LogP contribution in [0.4, 0.5) is 0 Å². The standard InChI is InChI=1S/C23H31N5O2/c1-23(2,3)28-21(29)11-19(14-25-13-18-7-5-6-17(10-18)12-24)22(28)20-15-26-27(16-20)8-9-30-4/h5-7,10,15-16,19,22,25H,8-9,11,13-14H2,1-4H3/t19-,22+/m0/s1. The largest absolute Gasteiger partial charge is 0.383 e. The third-order valence-corrected chi connectivity index (χ3v) is 5.46. The monoisotopic (exact) mass is 409 g/mol. The van der Waals surface area contributed by atoms with Crippen LogP contribution in [0, 0.1) is 17.2 Å². The van der Waals surface area contributed by atoms with Gasteiger partial charge in [-0.05, 0) is 38.5 Å². The molecule has 2 aromatic rings. The summed E-state index contributed by atoms with van der Waals surface area (Å²) in [7, 11) is 1.68. The van der Waals surface area contributed by atoms with Gasteiger partial charge in [-0.15, -0.1) is 0 Å². The highest BCUT2D eigenvalue weighted by Crippen LogP contribution is 2.42. The summed E-state index contributed by atoms with van der Waals surface area (Å²) < 4.78 is 7.03. The van der Waals surface area contributed by atoms with Gasteiger partial charge in [0.05, 0.1) is 37.0 Å². The normalized spacial score (nSPS) is 19.3. The fourth-order valence-corrected chi connectivity index (χ4v) is 4.19. The van der Waals surface area contributed by atoms with Crippen molar-refractivity contribution in [3.05, 3.63) is 53.3 Å². The van der Waals surface area contributed by atoms with Crippen molar-refractivity contribution in [3.63, 3.8) is 0 Å². The number of nitrogens with zero attached hydrogens (tertiary/aromatic N) is 4. The van der Waals surface area contributed by atoms with Crippen LogP contribution in [0.3, 0.4) is 0 Å². The third-order valence-electron chi connectivity index (χ3n) is 5.46. The maximum absolute atomic E-state index is 12.9. The van der Waals surface area contributed by atoms with Crippen molar-refractivity contribution in [2.75, 3.05) is 20.3 Å². The van der Waals surface area contributed by atoms with E-state index in [1.807, 2.05) is 40.2 Å². The first kappa shape index (κ1) is 22.0. The minimum absolute atomic E-state index is 0.0215. The summed E-state index contributed by atoms with van der Waals surface area (Å²) in [6.07, 6.45) is 4.42. The molecule has 30 heavy (non-hydrogen) atoms. The summed E-state index contributed by atoms with van der Waals surface area (Å²) >= 11 is 0. The van der Waals surface area contributed by atoms with E-state index >= 15 is 0 Å². The summed E-state index contributed by atoms with van der Waals surface area (Å²) in [5.74, 6) is 0.325. The summed E-state index contributed by atoms with van der Waals surface area (Å²) in [4.78, 5) is 14.9. The van der Waals surface area contributed by atoms with Gasteiger partial charge in [0.15, 0.2) is 0 Å². The molecule has 0 unspecified atom stereocenters. The Labute approximate surface area is 178 Å². The van der Waals surface area contributed by atoms with E-state index in [0.29, 0.717) is 38.2 Å². The van der Waals surface area contributed by atoms with Gasteiger partial charge in [0.25, 0.3) is 0 Å². The van der Waals surface area contributed by atoms with Gasteiger partial charge >= 0.3 is 0 Å². The Bertz CT molecular complexity index is 909. The molecule has 1 saturated heterocycles. The molecule has 160 valence electrons. The molecule has 3 rings (SSSR count). The Kier molecular flexibility index (Phi) is 6.91. The Hall–Kier alpha value is -2.69. The molecular formula is C23H31N5O2. The number of ether oxygens (including phenoxy) is 1. The van der Waals surface area contributed by atoms with Gasteiger partial charge in [0, 0.05) is 49.8 Å². The molecule has 1 aliphatic heterocycles. The lowest BCUT2D eigenvalue weighted by Gasteiger charge is -2.38. The number of amides is 1. The lowest BCUT2D eigenvalue weighted by Crippen LogP contribution is -2.44. The maximum Gasteiger partial charge on any atom is 0.223 e. The Balaban J connectivity index is 1.75. The summed E-state index contributed by atoms with van der Waals surface area (Å²) in [6, 6.07) is 9.75. The summed E-state index contributed by atoms with van der Waals surface area (Å²) in [6.45, 7) is 8.90. The second-order valence-corrected chi connectivity index (χ2v) is 8.82. The van der Waals surface area contributed by atoms with E-state index in [9.17, 15) is 4.79 Å². The van der Waals surface area contributed by atoms with Crippen molar-refractivity contribution in [1.29, 1.82) is 5.26 Å². The molecule has 7 heteroatoms. The zero-order valence-corrected chi connectivity index (χ0v) is 18.3. The number of hydrogen-bond acceptors (Lipinski definition) is 5. The maximum atomic E-state index is 12.9. The van der Waals surface area contributed by atoms with Crippen LogP contribution < -0.4 is 5.32 Å². The van der Waals surface area contributed by atoms with Gasteiger partial charge in [0.2, 0.25) is 5.91 Å². The molecule has 0 radical (unpaired) electrons.